The largest absolute Gasteiger partial charge is 0.451 e. The summed E-state index contributed by atoms with van der Waals surface area (Å²) in [6.07, 6.45) is 8.64. The first-order chi connectivity index (χ1) is 13.8. The van der Waals surface area contributed by atoms with Crippen LogP contribution < -0.4 is 5.32 Å². The number of piperidine rings is 1. The highest BCUT2D eigenvalue weighted by molar-refractivity contribution is 5.38. The fourth-order valence-corrected chi connectivity index (χ4v) is 4.41. The number of benzene rings is 1. The topological polar surface area (TPSA) is 80.4 Å². The van der Waals surface area contributed by atoms with E-state index in [2.05, 4.69) is 33.5 Å². The van der Waals surface area contributed by atoms with E-state index in [1.807, 2.05) is 24.5 Å². The van der Waals surface area contributed by atoms with Crippen LogP contribution in [-0.4, -0.2) is 28.2 Å². The SMILES string of the molecule is OC(c1ccc(CC2OC3(CCNCC3)c3cnccc32)cc1)c1cocn1. The number of rotatable bonds is 4. The molecule has 6 heteroatoms. The Kier molecular flexibility index (Phi) is 4.47. The maximum atomic E-state index is 10.4. The van der Waals surface area contributed by atoms with Gasteiger partial charge in [0.15, 0.2) is 6.39 Å². The van der Waals surface area contributed by atoms with Crippen LogP contribution in [-0.2, 0) is 16.8 Å². The number of oxazole rings is 1. The van der Waals surface area contributed by atoms with Crippen molar-refractivity contribution in [1.29, 1.82) is 0 Å². The van der Waals surface area contributed by atoms with Gasteiger partial charge in [-0.05, 0) is 48.7 Å². The molecule has 4 heterocycles. The number of pyridine rings is 1. The summed E-state index contributed by atoms with van der Waals surface area (Å²) >= 11 is 0. The van der Waals surface area contributed by atoms with Crippen LogP contribution in [0.4, 0.5) is 0 Å². The van der Waals surface area contributed by atoms with Gasteiger partial charge in [0.25, 0.3) is 0 Å². The van der Waals surface area contributed by atoms with Gasteiger partial charge in [-0.2, -0.15) is 0 Å². The van der Waals surface area contributed by atoms with E-state index in [0.29, 0.717) is 5.69 Å². The molecule has 5 rings (SSSR count). The van der Waals surface area contributed by atoms with E-state index in [1.165, 1.54) is 29.3 Å². The molecule has 3 aromatic rings. The highest BCUT2D eigenvalue weighted by atomic mass is 16.5. The van der Waals surface area contributed by atoms with Crippen molar-refractivity contribution >= 4 is 0 Å². The Morgan fingerprint density at radius 2 is 2.00 bits per heavy atom. The minimum Gasteiger partial charge on any atom is -0.451 e. The number of hydrogen-bond donors (Lipinski definition) is 2. The molecular weight excluding hydrogens is 354 g/mol. The smallest absolute Gasteiger partial charge is 0.180 e. The van der Waals surface area contributed by atoms with E-state index in [4.69, 9.17) is 9.15 Å². The number of nitrogens with zero attached hydrogens (tertiary/aromatic N) is 2. The molecule has 1 spiro atoms. The summed E-state index contributed by atoms with van der Waals surface area (Å²) in [5.74, 6) is 0. The third-order valence-electron chi connectivity index (χ3n) is 5.92. The van der Waals surface area contributed by atoms with Crippen molar-refractivity contribution in [3.8, 4) is 0 Å². The number of aliphatic hydroxyl groups is 1. The molecule has 28 heavy (non-hydrogen) atoms. The summed E-state index contributed by atoms with van der Waals surface area (Å²) in [5.41, 5.74) is 4.78. The zero-order valence-electron chi connectivity index (χ0n) is 15.5. The lowest BCUT2D eigenvalue weighted by molar-refractivity contribution is -0.0939. The van der Waals surface area contributed by atoms with Crippen LogP contribution in [0.15, 0.2) is 59.8 Å². The third kappa shape index (κ3) is 3.03. The molecule has 2 aliphatic rings. The second-order valence-electron chi connectivity index (χ2n) is 7.58. The predicted molar refractivity (Wildman–Crippen MR) is 103 cm³/mol. The van der Waals surface area contributed by atoms with E-state index in [9.17, 15) is 5.11 Å². The molecule has 2 atom stereocenters. The Hall–Kier alpha value is -2.54. The second-order valence-corrected chi connectivity index (χ2v) is 7.58. The molecule has 0 saturated carbocycles. The lowest BCUT2D eigenvalue weighted by Crippen LogP contribution is -2.39. The molecule has 0 aliphatic carbocycles. The van der Waals surface area contributed by atoms with E-state index in [1.54, 1.807) is 0 Å². The first-order valence-corrected chi connectivity index (χ1v) is 9.73. The molecule has 0 radical (unpaired) electrons. The quantitative estimate of drug-likeness (QED) is 0.727. The van der Waals surface area contributed by atoms with Gasteiger partial charge in [-0.3, -0.25) is 4.98 Å². The number of hydrogen-bond acceptors (Lipinski definition) is 6. The molecule has 1 saturated heterocycles. The van der Waals surface area contributed by atoms with Crippen molar-refractivity contribution in [1.82, 2.24) is 15.3 Å². The summed E-state index contributed by atoms with van der Waals surface area (Å²) in [6.45, 7) is 1.94. The summed E-state index contributed by atoms with van der Waals surface area (Å²) in [4.78, 5) is 8.38. The van der Waals surface area contributed by atoms with Gasteiger partial charge in [-0.1, -0.05) is 24.3 Å². The number of nitrogens with one attached hydrogen (secondary N) is 1. The first-order valence-electron chi connectivity index (χ1n) is 9.73. The van der Waals surface area contributed by atoms with Crippen LogP contribution in [0.1, 0.15) is 53.0 Å². The Morgan fingerprint density at radius 1 is 1.18 bits per heavy atom. The monoisotopic (exact) mass is 377 g/mol. The van der Waals surface area contributed by atoms with Crippen molar-refractivity contribution in [2.45, 2.75) is 37.1 Å². The minimum atomic E-state index is -0.777. The van der Waals surface area contributed by atoms with Gasteiger partial charge in [0, 0.05) is 24.4 Å². The first kappa shape index (κ1) is 17.6. The maximum Gasteiger partial charge on any atom is 0.180 e. The molecule has 0 amide bonds. The maximum absolute atomic E-state index is 10.4. The Morgan fingerprint density at radius 3 is 2.75 bits per heavy atom. The summed E-state index contributed by atoms with van der Waals surface area (Å²) in [7, 11) is 0. The lowest BCUT2D eigenvalue weighted by atomic mass is 9.85. The fraction of sp³-hybridized carbons (Fsp3) is 0.364. The highest BCUT2D eigenvalue weighted by Crippen LogP contribution is 2.49. The predicted octanol–water partition coefficient (Wildman–Crippen LogP) is 3.04. The average Bonchev–Trinajstić information content (AvgIpc) is 3.37. The van der Waals surface area contributed by atoms with Crippen molar-refractivity contribution in [2.75, 3.05) is 13.1 Å². The van der Waals surface area contributed by atoms with Gasteiger partial charge in [0.2, 0.25) is 0 Å². The van der Waals surface area contributed by atoms with E-state index in [-0.39, 0.29) is 11.7 Å². The number of fused-ring (bicyclic) bond motifs is 2. The molecule has 0 bridgehead atoms. The number of aromatic nitrogens is 2. The summed E-state index contributed by atoms with van der Waals surface area (Å²) < 4.78 is 11.6. The Labute approximate surface area is 163 Å². The molecule has 2 aliphatic heterocycles. The van der Waals surface area contributed by atoms with Crippen LogP contribution in [0.5, 0.6) is 0 Å². The van der Waals surface area contributed by atoms with Crippen molar-refractivity contribution in [3.05, 3.63) is 83.3 Å². The van der Waals surface area contributed by atoms with Gasteiger partial charge in [0.05, 0.1) is 11.7 Å². The number of aliphatic hydroxyl groups excluding tert-OH is 1. The van der Waals surface area contributed by atoms with E-state index >= 15 is 0 Å². The normalized spacial score (nSPS) is 21.5. The minimum absolute atomic E-state index is 0.0300. The molecule has 1 fully saturated rings. The molecule has 144 valence electrons. The van der Waals surface area contributed by atoms with Gasteiger partial charge in [-0.25, -0.2) is 4.98 Å². The zero-order chi connectivity index (χ0) is 19.0. The zero-order valence-corrected chi connectivity index (χ0v) is 15.5. The van der Waals surface area contributed by atoms with Crippen LogP contribution in [0.3, 0.4) is 0 Å². The summed E-state index contributed by atoms with van der Waals surface area (Å²) in [6, 6.07) is 10.1. The van der Waals surface area contributed by atoms with E-state index in [0.717, 1.165) is 37.9 Å². The van der Waals surface area contributed by atoms with Crippen LogP contribution in [0, 0.1) is 0 Å². The third-order valence-corrected chi connectivity index (χ3v) is 5.92. The van der Waals surface area contributed by atoms with Gasteiger partial charge >= 0.3 is 0 Å². The van der Waals surface area contributed by atoms with Gasteiger partial charge in [-0.15, -0.1) is 0 Å². The van der Waals surface area contributed by atoms with Crippen LogP contribution in [0.25, 0.3) is 0 Å². The molecular formula is C22H23N3O3. The highest BCUT2D eigenvalue weighted by Gasteiger charge is 2.45. The lowest BCUT2D eigenvalue weighted by Gasteiger charge is -2.34. The van der Waals surface area contributed by atoms with E-state index < -0.39 is 6.10 Å². The van der Waals surface area contributed by atoms with Crippen LogP contribution >= 0.6 is 0 Å². The Balaban J connectivity index is 1.36. The summed E-state index contributed by atoms with van der Waals surface area (Å²) in [5, 5.41) is 13.8. The number of ether oxygens (including phenoxy) is 1. The van der Waals surface area contributed by atoms with Gasteiger partial charge < -0.3 is 19.6 Å². The molecule has 6 nitrogen and oxygen atoms in total. The van der Waals surface area contributed by atoms with Crippen molar-refractivity contribution < 1.29 is 14.3 Å². The molecule has 2 N–H and O–H groups in total. The molecule has 2 unspecified atom stereocenters. The van der Waals surface area contributed by atoms with Crippen molar-refractivity contribution in [3.63, 3.8) is 0 Å². The van der Waals surface area contributed by atoms with Crippen molar-refractivity contribution in [2.24, 2.45) is 0 Å². The molecule has 2 aromatic heterocycles. The fourth-order valence-electron chi connectivity index (χ4n) is 4.41. The average molecular weight is 377 g/mol. The standard InChI is InChI=1S/C22H23N3O3/c26-21(19-13-27-14-25-19)16-3-1-15(2-4-16)11-20-17-5-8-24-12-18(17)22(28-20)6-9-23-10-7-22/h1-5,8,12-14,20-21,23,26H,6-7,9-11H2. The molecule has 1 aromatic carbocycles. The van der Waals surface area contributed by atoms with Gasteiger partial charge in [0.1, 0.15) is 18.1 Å². The van der Waals surface area contributed by atoms with Crippen LogP contribution in [0.2, 0.25) is 0 Å². The Bertz CT molecular complexity index is 934. The second kappa shape index (κ2) is 7.13.